The highest BCUT2D eigenvalue weighted by Gasteiger charge is 2.78. The van der Waals surface area contributed by atoms with Gasteiger partial charge in [0.25, 0.3) is 0 Å². The summed E-state index contributed by atoms with van der Waals surface area (Å²) in [4.78, 5) is 0. The van der Waals surface area contributed by atoms with Crippen LogP contribution in [0.1, 0.15) is 0 Å². The highest BCUT2D eigenvalue weighted by Crippen LogP contribution is 2.61. The minimum absolute atomic E-state index is 0.0417. The summed E-state index contributed by atoms with van der Waals surface area (Å²) in [6, 6.07) is 0.149. The molecule has 0 aromatic rings. The predicted molar refractivity (Wildman–Crippen MR) is 28.9 cm³/mol. The fraction of sp³-hybridized carbons (Fsp3) is 1.00. The first kappa shape index (κ1) is 4.63. The zero-order valence-corrected chi connectivity index (χ0v) is 4.93. The van der Waals surface area contributed by atoms with Crippen LogP contribution in [-0.4, -0.2) is 31.5 Å². The van der Waals surface area contributed by atoms with Crippen molar-refractivity contribution in [1.82, 2.24) is 5.32 Å². The van der Waals surface area contributed by atoms with Gasteiger partial charge in [0.05, 0.1) is 24.2 Å². The van der Waals surface area contributed by atoms with E-state index in [1.165, 1.54) is 0 Å². The Morgan fingerprint density at radius 2 is 2.56 bits per heavy atom. The van der Waals surface area contributed by atoms with E-state index in [2.05, 4.69) is 5.32 Å². The average Bonchev–Trinajstić information content (AvgIpc) is 2.28. The fourth-order valence-corrected chi connectivity index (χ4v) is 2.13. The van der Waals surface area contributed by atoms with E-state index in [0.717, 1.165) is 6.54 Å². The van der Waals surface area contributed by atoms with Crippen LogP contribution in [0.15, 0.2) is 0 Å². The lowest BCUT2D eigenvalue weighted by Crippen LogP contribution is -2.44. The van der Waals surface area contributed by atoms with Crippen molar-refractivity contribution in [3.05, 3.63) is 0 Å². The highest BCUT2D eigenvalue weighted by molar-refractivity contribution is 5.29. The summed E-state index contributed by atoms with van der Waals surface area (Å²) in [6.45, 7) is 1.52. The fourth-order valence-electron chi connectivity index (χ4n) is 2.13. The second kappa shape index (κ2) is 1.04. The van der Waals surface area contributed by atoms with E-state index in [1.54, 1.807) is 0 Å². The minimum atomic E-state index is -0.606. The first-order chi connectivity index (χ1) is 4.36. The number of rotatable bonds is 0. The molecule has 1 aliphatic carbocycles. The zero-order chi connectivity index (χ0) is 6.06. The number of alkyl halides is 1. The van der Waals surface area contributed by atoms with Crippen molar-refractivity contribution < 1.29 is 9.13 Å². The summed E-state index contributed by atoms with van der Waals surface area (Å²) in [5.74, 6) is 0. The largest absolute Gasteiger partial charge is 0.375 e. The second-order valence-corrected chi connectivity index (χ2v) is 3.20. The van der Waals surface area contributed by atoms with Crippen molar-refractivity contribution in [3.8, 4) is 0 Å². The molecule has 2 heterocycles. The Balaban J connectivity index is 1.99. The smallest absolute Gasteiger partial charge is 0.128 e. The van der Waals surface area contributed by atoms with Crippen LogP contribution in [0.3, 0.4) is 0 Å². The molecule has 9 heavy (non-hydrogen) atoms. The van der Waals surface area contributed by atoms with Gasteiger partial charge in [-0.3, -0.25) is 0 Å². The summed E-state index contributed by atoms with van der Waals surface area (Å²) >= 11 is 0. The average molecular weight is 129 g/mol. The molecule has 0 aromatic carbocycles. The maximum absolute atomic E-state index is 12.8. The molecule has 3 fully saturated rings. The molecule has 3 aliphatic rings. The maximum Gasteiger partial charge on any atom is 0.128 e. The Kier molecular flexibility index (Phi) is 0.534. The standard InChI is InChI=1S/C6H8FNO/c7-4-5-6(4)2-9-3(6)1-8-5/h3-5,8H,1-2H2. The molecule has 0 radical (unpaired) electrons. The van der Waals surface area contributed by atoms with Crippen LogP contribution >= 0.6 is 0 Å². The Labute approximate surface area is 52.4 Å². The second-order valence-electron chi connectivity index (χ2n) is 3.20. The summed E-state index contributed by atoms with van der Waals surface area (Å²) in [5.41, 5.74) is -0.0417. The van der Waals surface area contributed by atoms with Gasteiger partial charge in [0.1, 0.15) is 6.17 Å². The van der Waals surface area contributed by atoms with Crippen LogP contribution in [-0.2, 0) is 4.74 Å². The zero-order valence-electron chi connectivity index (χ0n) is 4.93. The van der Waals surface area contributed by atoms with Gasteiger partial charge in [-0.15, -0.1) is 0 Å². The summed E-state index contributed by atoms with van der Waals surface area (Å²) in [5, 5.41) is 3.10. The highest BCUT2D eigenvalue weighted by atomic mass is 19.1. The number of hydrogen-bond donors (Lipinski definition) is 1. The Hall–Kier alpha value is -0.150. The Morgan fingerprint density at radius 3 is 2.89 bits per heavy atom. The quantitative estimate of drug-likeness (QED) is 0.484. The van der Waals surface area contributed by atoms with Gasteiger partial charge >= 0.3 is 0 Å². The van der Waals surface area contributed by atoms with Gasteiger partial charge in [0, 0.05) is 6.54 Å². The van der Waals surface area contributed by atoms with Crippen LogP contribution in [0, 0.1) is 5.41 Å². The summed E-state index contributed by atoms with van der Waals surface area (Å²) in [7, 11) is 0. The topological polar surface area (TPSA) is 21.3 Å². The lowest BCUT2D eigenvalue weighted by molar-refractivity contribution is -0.124. The van der Waals surface area contributed by atoms with Crippen molar-refractivity contribution in [2.45, 2.75) is 18.3 Å². The molecule has 50 valence electrons. The molecule has 1 N–H and O–H groups in total. The third-order valence-corrected chi connectivity index (χ3v) is 2.93. The molecule has 2 aliphatic heterocycles. The monoisotopic (exact) mass is 129 g/mol. The van der Waals surface area contributed by atoms with Gasteiger partial charge in [-0.1, -0.05) is 0 Å². The van der Waals surface area contributed by atoms with Crippen molar-refractivity contribution in [3.63, 3.8) is 0 Å². The molecule has 4 atom stereocenters. The lowest BCUT2D eigenvalue weighted by Gasteiger charge is -2.33. The molecule has 2 nitrogen and oxygen atoms in total. The third kappa shape index (κ3) is 0.282. The van der Waals surface area contributed by atoms with Gasteiger partial charge in [-0.25, -0.2) is 4.39 Å². The molecule has 1 spiro atoms. The first-order valence-corrected chi connectivity index (χ1v) is 3.35. The number of halogens is 1. The number of piperidine rings is 1. The molecule has 0 amide bonds. The Bertz CT molecular complexity index is 170. The van der Waals surface area contributed by atoms with E-state index >= 15 is 0 Å². The predicted octanol–water partition coefficient (Wildman–Crippen LogP) is -0.305. The van der Waals surface area contributed by atoms with E-state index < -0.39 is 6.17 Å². The van der Waals surface area contributed by atoms with E-state index in [-0.39, 0.29) is 17.6 Å². The number of hydrogen-bond acceptors (Lipinski definition) is 2. The van der Waals surface area contributed by atoms with Gasteiger partial charge in [-0.2, -0.15) is 0 Å². The van der Waals surface area contributed by atoms with Gasteiger partial charge in [0.15, 0.2) is 0 Å². The van der Waals surface area contributed by atoms with Crippen molar-refractivity contribution in [2.24, 2.45) is 5.41 Å². The SMILES string of the molecule is FC1C2NCC3OCC312. The van der Waals surface area contributed by atoms with Gasteiger partial charge < -0.3 is 10.1 Å². The van der Waals surface area contributed by atoms with Crippen molar-refractivity contribution in [2.75, 3.05) is 13.2 Å². The molecule has 2 saturated heterocycles. The molecular weight excluding hydrogens is 121 g/mol. The molecule has 0 bridgehead atoms. The van der Waals surface area contributed by atoms with Gasteiger partial charge in [0.2, 0.25) is 0 Å². The van der Waals surface area contributed by atoms with E-state index in [9.17, 15) is 4.39 Å². The van der Waals surface area contributed by atoms with E-state index in [4.69, 9.17) is 4.74 Å². The third-order valence-electron chi connectivity index (χ3n) is 2.93. The van der Waals surface area contributed by atoms with Crippen LogP contribution in [0.4, 0.5) is 4.39 Å². The summed E-state index contributed by atoms with van der Waals surface area (Å²) in [6.07, 6.45) is -0.400. The maximum atomic E-state index is 12.8. The normalized spacial score (nSPS) is 68.3. The molecule has 3 rings (SSSR count). The summed E-state index contributed by atoms with van der Waals surface area (Å²) < 4.78 is 17.9. The van der Waals surface area contributed by atoms with Crippen LogP contribution < -0.4 is 5.32 Å². The van der Waals surface area contributed by atoms with Gasteiger partial charge in [-0.05, 0) is 0 Å². The Morgan fingerprint density at radius 1 is 1.67 bits per heavy atom. The number of ether oxygens (including phenoxy) is 1. The molecule has 3 heteroatoms. The molecule has 1 saturated carbocycles. The van der Waals surface area contributed by atoms with Crippen LogP contribution in [0.25, 0.3) is 0 Å². The molecule has 0 aromatic heterocycles. The van der Waals surface area contributed by atoms with E-state index in [0.29, 0.717) is 6.61 Å². The number of nitrogens with one attached hydrogen (secondary N) is 1. The van der Waals surface area contributed by atoms with E-state index in [1.807, 2.05) is 0 Å². The first-order valence-electron chi connectivity index (χ1n) is 3.35. The molecular formula is C6H8FNO. The van der Waals surface area contributed by atoms with Crippen molar-refractivity contribution >= 4 is 0 Å². The van der Waals surface area contributed by atoms with Crippen molar-refractivity contribution in [1.29, 1.82) is 0 Å². The minimum Gasteiger partial charge on any atom is -0.375 e. The van der Waals surface area contributed by atoms with Crippen LogP contribution in [0.5, 0.6) is 0 Å². The lowest BCUT2D eigenvalue weighted by atomic mass is 9.96. The van der Waals surface area contributed by atoms with Crippen LogP contribution in [0.2, 0.25) is 0 Å². The molecule has 4 unspecified atom stereocenters.